The lowest BCUT2D eigenvalue weighted by molar-refractivity contribution is -0.0485. The van der Waals surface area contributed by atoms with Gasteiger partial charge in [-0.3, -0.25) is 0 Å². The third-order valence-corrected chi connectivity index (χ3v) is 2.26. The van der Waals surface area contributed by atoms with Crippen LogP contribution in [0.2, 0.25) is 0 Å². The van der Waals surface area contributed by atoms with Crippen LogP contribution in [0.5, 0.6) is 0 Å². The molecule has 0 radical (unpaired) electrons. The Balaban J connectivity index is 2.28. The SMILES string of the molecule is CNC[C@@H]1CC[C@@H](N)[C@@H](C)O1. The molecule has 1 rings (SSSR count). The van der Waals surface area contributed by atoms with Crippen LogP contribution in [0.3, 0.4) is 0 Å². The maximum atomic E-state index is 5.79. The molecule has 1 saturated heterocycles. The van der Waals surface area contributed by atoms with Crippen molar-refractivity contribution in [3.8, 4) is 0 Å². The second-order valence-electron chi connectivity index (χ2n) is 3.26. The van der Waals surface area contributed by atoms with Gasteiger partial charge in [-0.2, -0.15) is 0 Å². The van der Waals surface area contributed by atoms with Crippen molar-refractivity contribution in [2.75, 3.05) is 13.6 Å². The molecule has 0 aromatic rings. The van der Waals surface area contributed by atoms with Gasteiger partial charge in [0.15, 0.2) is 0 Å². The molecule has 1 fully saturated rings. The number of nitrogens with one attached hydrogen (secondary N) is 1. The van der Waals surface area contributed by atoms with Gasteiger partial charge in [0.1, 0.15) is 0 Å². The van der Waals surface area contributed by atoms with Crippen molar-refractivity contribution in [3.05, 3.63) is 0 Å². The molecular formula is C8H18N2O. The molecule has 0 aliphatic carbocycles. The fourth-order valence-corrected chi connectivity index (χ4v) is 1.46. The van der Waals surface area contributed by atoms with Crippen molar-refractivity contribution >= 4 is 0 Å². The Hall–Kier alpha value is -0.120. The number of hydrogen-bond acceptors (Lipinski definition) is 3. The van der Waals surface area contributed by atoms with Crippen molar-refractivity contribution in [1.29, 1.82) is 0 Å². The summed E-state index contributed by atoms with van der Waals surface area (Å²) in [5.74, 6) is 0. The highest BCUT2D eigenvalue weighted by Crippen LogP contribution is 2.16. The van der Waals surface area contributed by atoms with Gasteiger partial charge in [-0.15, -0.1) is 0 Å². The van der Waals surface area contributed by atoms with E-state index in [1.807, 2.05) is 14.0 Å². The van der Waals surface area contributed by atoms with Crippen LogP contribution in [0.4, 0.5) is 0 Å². The number of nitrogens with two attached hydrogens (primary N) is 1. The second kappa shape index (κ2) is 4.04. The van der Waals surface area contributed by atoms with Gasteiger partial charge in [-0.25, -0.2) is 0 Å². The molecule has 66 valence electrons. The largest absolute Gasteiger partial charge is 0.372 e. The second-order valence-corrected chi connectivity index (χ2v) is 3.26. The lowest BCUT2D eigenvalue weighted by atomic mass is 10.0. The van der Waals surface area contributed by atoms with Crippen molar-refractivity contribution < 1.29 is 4.74 Å². The quantitative estimate of drug-likeness (QED) is 0.599. The Bertz CT molecular complexity index is 119. The highest BCUT2D eigenvalue weighted by atomic mass is 16.5. The van der Waals surface area contributed by atoms with E-state index in [9.17, 15) is 0 Å². The molecule has 3 heteroatoms. The summed E-state index contributed by atoms with van der Waals surface area (Å²) in [5, 5.41) is 3.11. The molecular weight excluding hydrogens is 140 g/mol. The molecule has 3 N–H and O–H groups in total. The smallest absolute Gasteiger partial charge is 0.0704 e. The molecule has 0 spiro atoms. The summed E-state index contributed by atoms with van der Waals surface area (Å²) >= 11 is 0. The summed E-state index contributed by atoms with van der Waals surface area (Å²) in [6, 6.07) is 0.239. The molecule has 0 bridgehead atoms. The minimum absolute atomic E-state index is 0.224. The summed E-state index contributed by atoms with van der Waals surface area (Å²) in [6.07, 6.45) is 2.77. The normalized spacial score (nSPS) is 39.0. The van der Waals surface area contributed by atoms with Crippen LogP contribution in [0.1, 0.15) is 19.8 Å². The zero-order valence-corrected chi connectivity index (χ0v) is 7.34. The molecule has 0 amide bonds. The van der Waals surface area contributed by atoms with Crippen LogP contribution >= 0.6 is 0 Å². The molecule has 0 aromatic carbocycles. The van der Waals surface area contributed by atoms with Gasteiger partial charge in [-0.1, -0.05) is 0 Å². The Morgan fingerprint density at radius 2 is 2.27 bits per heavy atom. The Labute approximate surface area is 68.3 Å². The van der Waals surface area contributed by atoms with Crippen molar-refractivity contribution in [1.82, 2.24) is 5.32 Å². The number of ether oxygens (including phenoxy) is 1. The van der Waals surface area contributed by atoms with E-state index in [0.29, 0.717) is 6.10 Å². The predicted octanol–water partition coefficient (Wildman–Crippen LogP) is 0.101. The Kier molecular flexibility index (Phi) is 3.30. The number of likely N-dealkylation sites (N-methyl/N-ethyl adjacent to an activating group) is 1. The number of hydrogen-bond donors (Lipinski definition) is 2. The Morgan fingerprint density at radius 3 is 2.82 bits per heavy atom. The highest BCUT2D eigenvalue weighted by molar-refractivity contribution is 4.79. The third-order valence-electron chi connectivity index (χ3n) is 2.26. The maximum Gasteiger partial charge on any atom is 0.0704 e. The first kappa shape index (κ1) is 8.97. The van der Waals surface area contributed by atoms with E-state index in [1.165, 1.54) is 0 Å². The minimum Gasteiger partial charge on any atom is -0.372 e. The molecule has 1 heterocycles. The van der Waals surface area contributed by atoms with Crippen LogP contribution < -0.4 is 11.1 Å². The van der Waals surface area contributed by atoms with E-state index >= 15 is 0 Å². The van der Waals surface area contributed by atoms with E-state index in [2.05, 4.69) is 5.32 Å². The van der Waals surface area contributed by atoms with Crippen LogP contribution in [0.15, 0.2) is 0 Å². The van der Waals surface area contributed by atoms with Crippen LogP contribution in [-0.2, 0) is 4.74 Å². The first-order valence-electron chi connectivity index (χ1n) is 4.29. The molecule has 3 nitrogen and oxygen atoms in total. The molecule has 1 aliphatic heterocycles. The predicted molar refractivity (Wildman–Crippen MR) is 45.5 cm³/mol. The average Bonchev–Trinajstić information content (AvgIpc) is 1.98. The van der Waals surface area contributed by atoms with E-state index < -0.39 is 0 Å². The van der Waals surface area contributed by atoms with Gasteiger partial charge in [0.05, 0.1) is 12.2 Å². The van der Waals surface area contributed by atoms with Gasteiger partial charge < -0.3 is 15.8 Å². The van der Waals surface area contributed by atoms with Gasteiger partial charge >= 0.3 is 0 Å². The molecule has 3 atom stereocenters. The molecule has 0 aromatic heterocycles. The zero-order chi connectivity index (χ0) is 8.27. The highest BCUT2D eigenvalue weighted by Gasteiger charge is 2.24. The fourth-order valence-electron chi connectivity index (χ4n) is 1.46. The van der Waals surface area contributed by atoms with E-state index in [-0.39, 0.29) is 12.1 Å². The molecule has 0 unspecified atom stereocenters. The summed E-state index contributed by atoms with van der Waals surface area (Å²) in [4.78, 5) is 0. The summed E-state index contributed by atoms with van der Waals surface area (Å²) in [7, 11) is 1.95. The lowest BCUT2D eigenvalue weighted by Crippen LogP contribution is -2.45. The summed E-state index contributed by atoms with van der Waals surface area (Å²) < 4.78 is 5.65. The van der Waals surface area contributed by atoms with E-state index in [1.54, 1.807) is 0 Å². The van der Waals surface area contributed by atoms with Gasteiger partial charge in [0, 0.05) is 12.6 Å². The molecule has 0 saturated carbocycles. The van der Waals surface area contributed by atoms with E-state index in [4.69, 9.17) is 10.5 Å². The van der Waals surface area contributed by atoms with Crippen molar-refractivity contribution in [2.45, 2.75) is 38.0 Å². The van der Waals surface area contributed by atoms with Gasteiger partial charge in [0.25, 0.3) is 0 Å². The minimum atomic E-state index is 0.224. The average molecular weight is 158 g/mol. The van der Waals surface area contributed by atoms with Gasteiger partial charge in [-0.05, 0) is 26.8 Å². The first-order valence-corrected chi connectivity index (χ1v) is 4.29. The molecule has 1 aliphatic rings. The van der Waals surface area contributed by atoms with Crippen LogP contribution in [-0.4, -0.2) is 31.8 Å². The maximum absolute atomic E-state index is 5.79. The van der Waals surface area contributed by atoms with Crippen LogP contribution in [0.25, 0.3) is 0 Å². The Morgan fingerprint density at radius 1 is 1.55 bits per heavy atom. The van der Waals surface area contributed by atoms with Crippen molar-refractivity contribution in [3.63, 3.8) is 0 Å². The standard InChI is InChI=1S/C8H18N2O/c1-6-8(9)4-3-7(11-6)5-10-2/h6-8,10H,3-5,9H2,1-2H3/t6-,7+,8-/m1/s1. The fraction of sp³-hybridized carbons (Fsp3) is 1.00. The zero-order valence-electron chi connectivity index (χ0n) is 7.34. The topological polar surface area (TPSA) is 47.3 Å². The number of rotatable bonds is 2. The molecule has 11 heavy (non-hydrogen) atoms. The summed E-state index contributed by atoms with van der Waals surface area (Å²) in [6.45, 7) is 2.99. The van der Waals surface area contributed by atoms with E-state index in [0.717, 1.165) is 19.4 Å². The third kappa shape index (κ3) is 2.43. The van der Waals surface area contributed by atoms with Crippen molar-refractivity contribution in [2.24, 2.45) is 5.73 Å². The lowest BCUT2D eigenvalue weighted by Gasteiger charge is -2.32. The first-order chi connectivity index (χ1) is 5.24. The monoisotopic (exact) mass is 158 g/mol. The van der Waals surface area contributed by atoms with Gasteiger partial charge in [0.2, 0.25) is 0 Å². The summed E-state index contributed by atoms with van der Waals surface area (Å²) in [5.41, 5.74) is 5.79. The van der Waals surface area contributed by atoms with Crippen LogP contribution in [0, 0.1) is 0 Å².